The van der Waals surface area contributed by atoms with Gasteiger partial charge in [0, 0.05) is 17.2 Å². The van der Waals surface area contributed by atoms with Gasteiger partial charge in [-0.3, -0.25) is 0 Å². The van der Waals surface area contributed by atoms with E-state index in [9.17, 15) is 5.11 Å². The molecule has 2 nitrogen and oxygen atoms in total. The first-order valence-electron chi connectivity index (χ1n) is 8.32. The van der Waals surface area contributed by atoms with Crippen LogP contribution in [0.5, 0.6) is 5.75 Å². The standard InChI is InChI=1S/C22H14O2/c23-14-8-7-12-10-17-15-3-1-5-19-21(15)22-16(4-2-6-20(22)24-19)18(17)11-13(12)9-14/h1,3-5,7-11,23H,2,6H2. The number of benzene rings is 4. The molecular weight excluding hydrogens is 296 g/mol. The lowest BCUT2D eigenvalue weighted by Crippen LogP contribution is -2.09. The van der Waals surface area contributed by atoms with Gasteiger partial charge in [0.25, 0.3) is 0 Å². The molecular formula is C22H14O2. The number of hydrogen-bond acceptors (Lipinski definition) is 2. The summed E-state index contributed by atoms with van der Waals surface area (Å²) in [4.78, 5) is 0. The molecule has 0 bridgehead atoms. The second-order valence-electron chi connectivity index (χ2n) is 6.66. The van der Waals surface area contributed by atoms with Crippen LogP contribution < -0.4 is 5.22 Å². The van der Waals surface area contributed by atoms with E-state index in [1.807, 2.05) is 12.1 Å². The molecule has 0 radical (unpaired) electrons. The Bertz CT molecular complexity index is 1360. The van der Waals surface area contributed by atoms with Crippen molar-refractivity contribution in [2.24, 2.45) is 0 Å². The van der Waals surface area contributed by atoms with Crippen molar-refractivity contribution in [3.63, 3.8) is 0 Å². The highest BCUT2D eigenvalue weighted by atomic mass is 16.3. The number of furan rings is 1. The third-order valence-corrected chi connectivity index (χ3v) is 5.32. The van der Waals surface area contributed by atoms with Crippen molar-refractivity contribution in [2.45, 2.75) is 12.8 Å². The molecule has 6 rings (SSSR count). The molecule has 0 aliphatic heterocycles. The highest BCUT2D eigenvalue weighted by molar-refractivity contribution is 6.23. The maximum atomic E-state index is 9.83. The Morgan fingerprint density at radius 2 is 1.75 bits per heavy atom. The number of phenolic OH excluding ortho intramolecular Hbond substituents is 1. The van der Waals surface area contributed by atoms with Crippen LogP contribution in [0.3, 0.4) is 0 Å². The van der Waals surface area contributed by atoms with Gasteiger partial charge in [-0.25, -0.2) is 0 Å². The van der Waals surface area contributed by atoms with Gasteiger partial charge in [-0.2, -0.15) is 0 Å². The predicted molar refractivity (Wildman–Crippen MR) is 98.4 cm³/mol. The van der Waals surface area contributed by atoms with E-state index in [2.05, 4.69) is 36.4 Å². The SMILES string of the molecule is Oc1ccc2cc3c(cc2c1)c1c2c(oc4cccc3c42)CCC=1. The monoisotopic (exact) mass is 310 g/mol. The lowest BCUT2D eigenvalue weighted by molar-refractivity contribution is 0.476. The van der Waals surface area contributed by atoms with Gasteiger partial charge in [0.15, 0.2) is 0 Å². The Morgan fingerprint density at radius 3 is 2.71 bits per heavy atom. The van der Waals surface area contributed by atoms with Gasteiger partial charge >= 0.3 is 0 Å². The van der Waals surface area contributed by atoms with Gasteiger partial charge in [-0.15, -0.1) is 0 Å². The second kappa shape index (κ2) is 4.09. The Morgan fingerprint density at radius 1 is 0.833 bits per heavy atom. The topological polar surface area (TPSA) is 33.4 Å². The van der Waals surface area contributed by atoms with Crippen LogP contribution in [0.25, 0.3) is 49.4 Å². The summed E-state index contributed by atoms with van der Waals surface area (Å²) in [5.74, 6) is 1.42. The summed E-state index contributed by atoms with van der Waals surface area (Å²) in [6.07, 6.45) is 4.31. The first-order valence-corrected chi connectivity index (χ1v) is 8.32. The second-order valence-corrected chi connectivity index (χ2v) is 6.66. The minimum atomic E-state index is 0.308. The molecule has 1 N–H and O–H groups in total. The molecule has 24 heavy (non-hydrogen) atoms. The van der Waals surface area contributed by atoms with E-state index in [0.717, 1.165) is 35.0 Å². The van der Waals surface area contributed by atoms with Gasteiger partial charge in [0.1, 0.15) is 17.1 Å². The summed E-state index contributed by atoms with van der Waals surface area (Å²) in [6, 6.07) is 16.4. The zero-order valence-electron chi connectivity index (χ0n) is 13.0. The highest BCUT2D eigenvalue weighted by Crippen LogP contribution is 2.37. The summed E-state index contributed by atoms with van der Waals surface area (Å²) in [7, 11) is 0. The van der Waals surface area contributed by atoms with Crippen LogP contribution in [-0.2, 0) is 6.42 Å². The molecule has 1 aliphatic carbocycles. The van der Waals surface area contributed by atoms with E-state index in [1.165, 1.54) is 32.1 Å². The van der Waals surface area contributed by atoms with Gasteiger partial charge in [0.2, 0.25) is 0 Å². The number of rotatable bonds is 0. The number of fused-ring (bicyclic) bond motifs is 4. The zero-order valence-corrected chi connectivity index (χ0v) is 13.0. The average Bonchev–Trinajstić information content (AvgIpc) is 2.99. The number of aromatic hydroxyl groups is 1. The molecule has 0 saturated heterocycles. The Balaban J connectivity index is 1.99. The van der Waals surface area contributed by atoms with Crippen molar-refractivity contribution < 1.29 is 9.52 Å². The normalized spacial score (nSPS) is 14.0. The average molecular weight is 310 g/mol. The molecule has 0 unspecified atom stereocenters. The fourth-order valence-corrected chi connectivity index (χ4v) is 4.31. The molecule has 0 spiro atoms. The Hall–Kier alpha value is -3.00. The maximum Gasteiger partial charge on any atom is 0.135 e. The highest BCUT2D eigenvalue weighted by Gasteiger charge is 2.19. The Kier molecular flexibility index (Phi) is 2.12. The van der Waals surface area contributed by atoms with E-state index in [4.69, 9.17) is 4.42 Å². The largest absolute Gasteiger partial charge is 0.508 e. The Labute approximate surface area is 137 Å². The van der Waals surface area contributed by atoms with Gasteiger partial charge < -0.3 is 9.52 Å². The number of phenols is 1. The molecule has 4 aromatic carbocycles. The van der Waals surface area contributed by atoms with Crippen molar-refractivity contribution in [1.82, 2.24) is 0 Å². The van der Waals surface area contributed by atoms with Crippen LogP contribution in [0.1, 0.15) is 12.2 Å². The van der Waals surface area contributed by atoms with Crippen LogP contribution in [0, 0.1) is 0 Å². The van der Waals surface area contributed by atoms with Gasteiger partial charge in [-0.05, 0) is 68.9 Å². The molecule has 0 amide bonds. The fourth-order valence-electron chi connectivity index (χ4n) is 4.31. The minimum Gasteiger partial charge on any atom is -0.508 e. The van der Waals surface area contributed by atoms with Crippen LogP contribution in [0.2, 0.25) is 0 Å². The third-order valence-electron chi connectivity index (χ3n) is 5.32. The van der Waals surface area contributed by atoms with Crippen LogP contribution in [-0.4, -0.2) is 5.11 Å². The molecule has 1 aliphatic rings. The van der Waals surface area contributed by atoms with Crippen LogP contribution >= 0.6 is 0 Å². The number of hydrogen-bond donors (Lipinski definition) is 1. The van der Waals surface area contributed by atoms with Crippen LogP contribution in [0.15, 0.2) is 52.9 Å². The van der Waals surface area contributed by atoms with Gasteiger partial charge in [-0.1, -0.05) is 24.3 Å². The van der Waals surface area contributed by atoms with Crippen molar-refractivity contribution in [3.8, 4) is 5.75 Å². The van der Waals surface area contributed by atoms with E-state index < -0.39 is 0 Å². The predicted octanol–water partition coefficient (Wildman–Crippen LogP) is 5.04. The van der Waals surface area contributed by atoms with E-state index in [-0.39, 0.29) is 0 Å². The molecule has 0 fully saturated rings. The lowest BCUT2D eigenvalue weighted by Gasteiger charge is -2.11. The quantitative estimate of drug-likeness (QED) is 0.321. The molecule has 114 valence electrons. The molecule has 1 aromatic heterocycles. The molecule has 0 atom stereocenters. The maximum absolute atomic E-state index is 9.83. The van der Waals surface area contributed by atoms with Crippen molar-refractivity contribution in [2.75, 3.05) is 0 Å². The minimum absolute atomic E-state index is 0.308. The number of aryl methyl sites for hydroxylation is 1. The van der Waals surface area contributed by atoms with E-state index in [0.29, 0.717) is 5.75 Å². The summed E-state index contributed by atoms with van der Waals surface area (Å²) in [6.45, 7) is 0. The smallest absolute Gasteiger partial charge is 0.135 e. The fraction of sp³-hybridized carbons (Fsp3) is 0.0909. The first kappa shape index (κ1) is 12.4. The molecule has 5 aromatic rings. The van der Waals surface area contributed by atoms with Crippen molar-refractivity contribution >= 4 is 49.4 Å². The summed E-state index contributed by atoms with van der Waals surface area (Å²) in [5.41, 5.74) is 0.988. The summed E-state index contributed by atoms with van der Waals surface area (Å²) >= 11 is 0. The molecule has 0 saturated carbocycles. The van der Waals surface area contributed by atoms with Crippen molar-refractivity contribution in [1.29, 1.82) is 0 Å². The van der Waals surface area contributed by atoms with E-state index >= 15 is 0 Å². The van der Waals surface area contributed by atoms with Crippen molar-refractivity contribution in [3.05, 3.63) is 59.5 Å². The van der Waals surface area contributed by atoms with Crippen LogP contribution in [0.4, 0.5) is 0 Å². The van der Waals surface area contributed by atoms with E-state index in [1.54, 1.807) is 6.07 Å². The molecule has 1 heterocycles. The summed E-state index contributed by atoms with van der Waals surface area (Å²) in [5, 5.41) is 19.6. The third kappa shape index (κ3) is 1.41. The molecule has 2 heteroatoms. The first-order chi connectivity index (χ1) is 11.8. The lowest BCUT2D eigenvalue weighted by atomic mass is 9.91. The van der Waals surface area contributed by atoms with Gasteiger partial charge in [0.05, 0.1) is 0 Å². The zero-order chi connectivity index (χ0) is 15.8. The summed E-state index contributed by atoms with van der Waals surface area (Å²) < 4.78 is 6.15.